The van der Waals surface area contributed by atoms with Crippen molar-refractivity contribution >= 4 is 17.4 Å². The Bertz CT molecular complexity index is 346. The topological polar surface area (TPSA) is 54.0 Å². The summed E-state index contributed by atoms with van der Waals surface area (Å²) in [7, 11) is 0. The molecule has 1 heterocycles. The van der Waals surface area contributed by atoms with Crippen LogP contribution in [0.2, 0.25) is 0 Å². The molecule has 0 aromatic carbocycles. The predicted octanol–water partition coefficient (Wildman–Crippen LogP) is 3.03. The van der Waals surface area contributed by atoms with Gasteiger partial charge in [-0.15, -0.1) is 0 Å². The largest absolute Gasteiger partial charge is 0.382 e. The lowest BCUT2D eigenvalue weighted by Crippen LogP contribution is -2.13. The number of nitrogens with zero attached hydrogens (tertiary/aromatic N) is 1. The molecule has 0 saturated carbocycles. The van der Waals surface area contributed by atoms with Crippen LogP contribution in [0.15, 0.2) is 18.3 Å². The van der Waals surface area contributed by atoms with Gasteiger partial charge in [-0.05, 0) is 32.4 Å². The maximum absolute atomic E-state index is 11.5. The maximum Gasteiger partial charge on any atom is 0.225 e. The van der Waals surface area contributed by atoms with E-state index in [1.807, 2.05) is 12.1 Å². The zero-order valence-electron chi connectivity index (χ0n) is 10.8. The number of carbonyl (C=O) groups excluding carboxylic acids is 1. The number of aromatic nitrogens is 1. The fourth-order valence-corrected chi connectivity index (χ4v) is 1.43. The van der Waals surface area contributed by atoms with E-state index in [4.69, 9.17) is 0 Å². The van der Waals surface area contributed by atoms with Gasteiger partial charge in [0.05, 0.1) is 11.9 Å². The number of amides is 1. The smallest absolute Gasteiger partial charge is 0.225 e. The van der Waals surface area contributed by atoms with Crippen molar-refractivity contribution in [3.05, 3.63) is 18.3 Å². The van der Waals surface area contributed by atoms with E-state index in [1.54, 1.807) is 6.20 Å². The minimum Gasteiger partial charge on any atom is -0.382 e. The maximum atomic E-state index is 11.5. The van der Waals surface area contributed by atoms with Crippen LogP contribution < -0.4 is 10.6 Å². The second kappa shape index (κ2) is 6.89. The first-order valence-electron chi connectivity index (χ1n) is 6.14. The monoisotopic (exact) mass is 235 g/mol. The molecule has 17 heavy (non-hydrogen) atoms. The summed E-state index contributed by atoms with van der Waals surface area (Å²) in [5.41, 5.74) is 0.964. The van der Waals surface area contributed by atoms with Gasteiger partial charge >= 0.3 is 0 Å². The summed E-state index contributed by atoms with van der Waals surface area (Å²) in [5, 5.41) is 6.02. The molecule has 0 unspecified atom stereocenters. The van der Waals surface area contributed by atoms with Crippen LogP contribution in [-0.2, 0) is 4.79 Å². The van der Waals surface area contributed by atoms with E-state index < -0.39 is 0 Å². The average Bonchev–Trinajstić information content (AvgIpc) is 2.28. The van der Waals surface area contributed by atoms with E-state index in [-0.39, 0.29) is 5.91 Å². The molecular formula is C13H21N3O. The number of nitrogens with one attached hydrogen (secondary N) is 2. The molecule has 0 spiro atoms. The summed E-state index contributed by atoms with van der Waals surface area (Å²) in [4.78, 5) is 15.7. The van der Waals surface area contributed by atoms with Crippen molar-refractivity contribution < 1.29 is 4.79 Å². The second-order valence-corrected chi connectivity index (χ2v) is 4.38. The third-order valence-electron chi connectivity index (χ3n) is 2.24. The standard InChI is InChI=1S/C13H21N3O/c1-4-5-6-13(17)16-12-8-7-11(9-14-12)15-10(2)3/h7-10,15H,4-6H2,1-3H3,(H,14,16,17). The summed E-state index contributed by atoms with van der Waals surface area (Å²) >= 11 is 0. The zero-order valence-corrected chi connectivity index (χ0v) is 10.8. The number of rotatable bonds is 6. The van der Waals surface area contributed by atoms with Crippen LogP contribution in [0, 0.1) is 0 Å². The highest BCUT2D eigenvalue weighted by molar-refractivity contribution is 5.89. The number of pyridine rings is 1. The van der Waals surface area contributed by atoms with E-state index in [1.165, 1.54) is 0 Å². The van der Waals surface area contributed by atoms with Gasteiger partial charge in [0.2, 0.25) is 5.91 Å². The van der Waals surface area contributed by atoms with Crippen molar-refractivity contribution in [1.82, 2.24) is 4.98 Å². The quantitative estimate of drug-likeness (QED) is 0.796. The first-order valence-corrected chi connectivity index (χ1v) is 6.14. The molecule has 0 aliphatic rings. The molecule has 4 heteroatoms. The zero-order chi connectivity index (χ0) is 12.7. The second-order valence-electron chi connectivity index (χ2n) is 4.38. The fraction of sp³-hybridized carbons (Fsp3) is 0.538. The van der Waals surface area contributed by atoms with Crippen LogP contribution in [-0.4, -0.2) is 16.9 Å². The highest BCUT2D eigenvalue weighted by Gasteiger charge is 2.02. The molecule has 0 fully saturated rings. The van der Waals surface area contributed by atoms with Crippen LogP contribution >= 0.6 is 0 Å². The van der Waals surface area contributed by atoms with Gasteiger partial charge in [0.15, 0.2) is 0 Å². The molecule has 1 aromatic rings. The van der Waals surface area contributed by atoms with Gasteiger partial charge in [-0.3, -0.25) is 4.79 Å². The molecular weight excluding hydrogens is 214 g/mol. The molecule has 1 amide bonds. The minimum absolute atomic E-state index is 0.0314. The molecule has 4 nitrogen and oxygen atoms in total. The molecule has 2 N–H and O–H groups in total. The molecule has 0 atom stereocenters. The Morgan fingerprint density at radius 2 is 2.18 bits per heavy atom. The Labute approximate surface area is 103 Å². The third-order valence-corrected chi connectivity index (χ3v) is 2.24. The Morgan fingerprint density at radius 3 is 2.71 bits per heavy atom. The normalized spacial score (nSPS) is 10.4. The minimum atomic E-state index is 0.0314. The van der Waals surface area contributed by atoms with Crippen LogP contribution in [0.3, 0.4) is 0 Å². The lowest BCUT2D eigenvalue weighted by Gasteiger charge is -2.10. The third kappa shape index (κ3) is 5.33. The van der Waals surface area contributed by atoms with Gasteiger partial charge in [0, 0.05) is 12.5 Å². The predicted molar refractivity (Wildman–Crippen MR) is 71.2 cm³/mol. The molecule has 94 valence electrons. The van der Waals surface area contributed by atoms with Crippen LogP contribution in [0.5, 0.6) is 0 Å². The van der Waals surface area contributed by atoms with Gasteiger partial charge in [-0.1, -0.05) is 13.3 Å². The van der Waals surface area contributed by atoms with Crippen LogP contribution in [0.25, 0.3) is 0 Å². The van der Waals surface area contributed by atoms with Crippen molar-refractivity contribution in [2.75, 3.05) is 10.6 Å². The summed E-state index contributed by atoms with van der Waals surface area (Å²) in [6, 6.07) is 4.11. The number of hydrogen-bond acceptors (Lipinski definition) is 3. The molecule has 0 radical (unpaired) electrons. The first kappa shape index (κ1) is 13.5. The number of unbranched alkanes of at least 4 members (excludes halogenated alkanes) is 1. The Balaban J connectivity index is 2.47. The van der Waals surface area contributed by atoms with Gasteiger partial charge < -0.3 is 10.6 Å². The van der Waals surface area contributed by atoms with Gasteiger partial charge in [-0.2, -0.15) is 0 Å². The summed E-state index contributed by atoms with van der Waals surface area (Å²) in [6.07, 6.45) is 4.23. The lowest BCUT2D eigenvalue weighted by atomic mass is 10.2. The van der Waals surface area contributed by atoms with Gasteiger partial charge in [-0.25, -0.2) is 4.98 Å². The van der Waals surface area contributed by atoms with Gasteiger partial charge in [0.25, 0.3) is 0 Å². The number of hydrogen-bond donors (Lipinski definition) is 2. The number of anilines is 2. The molecule has 1 rings (SSSR count). The van der Waals surface area contributed by atoms with Crippen molar-refractivity contribution in [3.8, 4) is 0 Å². The van der Waals surface area contributed by atoms with E-state index in [2.05, 4.69) is 36.4 Å². The van der Waals surface area contributed by atoms with Crippen molar-refractivity contribution in [3.63, 3.8) is 0 Å². The van der Waals surface area contributed by atoms with Crippen molar-refractivity contribution in [2.24, 2.45) is 0 Å². The number of carbonyl (C=O) groups is 1. The molecule has 0 bridgehead atoms. The van der Waals surface area contributed by atoms with Crippen molar-refractivity contribution in [2.45, 2.75) is 46.1 Å². The summed E-state index contributed by atoms with van der Waals surface area (Å²) < 4.78 is 0. The van der Waals surface area contributed by atoms with E-state index in [0.29, 0.717) is 18.3 Å². The molecule has 1 aromatic heterocycles. The highest BCUT2D eigenvalue weighted by atomic mass is 16.1. The van der Waals surface area contributed by atoms with E-state index in [0.717, 1.165) is 18.5 Å². The molecule has 0 aliphatic carbocycles. The van der Waals surface area contributed by atoms with E-state index in [9.17, 15) is 4.79 Å². The van der Waals surface area contributed by atoms with E-state index >= 15 is 0 Å². The van der Waals surface area contributed by atoms with Crippen LogP contribution in [0.1, 0.15) is 40.0 Å². The SMILES string of the molecule is CCCCC(=O)Nc1ccc(NC(C)C)cn1. The summed E-state index contributed by atoms with van der Waals surface area (Å²) in [6.45, 7) is 6.21. The summed E-state index contributed by atoms with van der Waals surface area (Å²) in [5.74, 6) is 0.643. The molecule has 0 aliphatic heterocycles. The Hall–Kier alpha value is -1.58. The lowest BCUT2D eigenvalue weighted by molar-refractivity contribution is -0.116. The molecule has 0 saturated heterocycles. The van der Waals surface area contributed by atoms with Gasteiger partial charge in [0.1, 0.15) is 5.82 Å². The highest BCUT2D eigenvalue weighted by Crippen LogP contribution is 2.11. The fourth-order valence-electron chi connectivity index (χ4n) is 1.43. The Kier molecular flexibility index (Phi) is 5.46. The first-order chi connectivity index (χ1) is 8.11. The van der Waals surface area contributed by atoms with Crippen molar-refractivity contribution in [1.29, 1.82) is 0 Å². The average molecular weight is 235 g/mol. The Morgan fingerprint density at radius 1 is 1.41 bits per heavy atom. The van der Waals surface area contributed by atoms with Crippen LogP contribution in [0.4, 0.5) is 11.5 Å².